The molecule has 19 heavy (non-hydrogen) atoms. The largest absolute Gasteiger partial charge is 0.348 e. The Morgan fingerprint density at radius 2 is 2.11 bits per heavy atom. The molecule has 0 aromatic heterocycles. The zero-order valence-electron chi connectivity index (χ0n) is 11.9. The highest BCUT2D eigenvalue weighted by Gasteiger charge is 2.25. The van der Waals surface area contributed by atoms with E-state index in [1.54, 1.807) is 4.90 Å². The quantitative estimate of drug-likeness (QED) is 0.825. The van der Waals surface area contributed by atoms with Crippen LogP contribution in [0.5, 0.6) is 0 Å². The third-order valence-electron chi connectivity index (χ3n) is 3.58. The molecule has 1 aromatic carbocycles. The Hall–Kier alpha value is -1.00. The van der Waals surface area contributed by atoms with E-state index >= 15 is 0 Å². The minimum absolute atomic E-state index is 0.181. The summed E-state index contributed by atoms with van der Waals surface area (Å²) >= 11 is 1.93. The number of likely N-dealkylation sites (N-methyl/N-ethyl adjacent to an activating group) is 2. The average Bonchev–Trinajstić information content (AvgIpc) is 2.81. The summed E-state index contributed by atoms with van der Waals surface area (Å²) in [5.41, 5.74) is 1.45. The summed E-state index contributed by atoms with van der Waals surface area (Å²) in [5.74, 6) is 1.86. The first-order valence-corrected chi connectivity index (χ1v) is 7.74. The molecule has 0 bridgehead atoms. The van der Waals surface area contributed by atoms with Gasteiger partial charge in [0.05, 0.1) is 6.54 Å². The minimum Gasteiger partial charge on any atom is -0.348 e. The van der Waals surface area contributed by atoms with Gasteiger partial charge in [-0.2, -0.15) is 0 Å². The van der Waals surface area contributed by atoms with Gasteiger partial charge in [0.2, 0.25) is 5.91 Å². The van der Waals surface area contributed by atoms with E-state index in [2.05, 4.69) is 36.1 Å². The van der Waals surface area contributed by atoms with Crippen LogP contribution in [0.1, 0.15) is 18.4 Å². The minimum atomic E-state index is 0.181. The number of amides is 1. The molecule has 0 aliphatic carbocycles. The second-order valence-electron chi connectivity index (χ2n) is 5.16. The zero-order chi connectivity index (χ0) is 13.8. The van der Waals surface area contributed by atoms with E-state index in [0.717, 1.165) is 18.8 Å². The first-order valence-electron chi connectivity index (χ1n) is 6.76. The number of carbonyl (C=O) groups excluding carboxylic acids is 1. The fraction of sp³-hybridized carbons (Fsp3) is 0.533. The predicted molar refractivity (Wildman–Crippen MR) is 80.7 cm³/mol. The van der Waals surface area contributed by atoms with Crippen LogP contribution in [0.2, 0.25) is 0 Å². The van der Waals surface area contributed by atoms with E-state index in [4.69, 9.17) is 0 Å². The standard InChI is InChI=1S/C15H22N2OS/c1-4-17(10-15(18)16(2)3)9-12-11-19-14-8-6-5-7-13(12)14/h5-8,12H,4,9-11H2,1-3H3. The van der Waals surface area contributed by atoms with Crippen molar-refractivity contribution in [3.05, 3.63) is 29.8 Å². The Morgan fingerprint density at radius 1 is 1.37 bits per heavy atom. The van der Waals surface area contributed by atoms with Gasteiger partial charge in [-0.3, -0.25) is 9.69 Å². The van der Waals surface area contributed by atoms with Gasteiger partial charge in [0, 0.05) is 37.2 Å². The second-order valence-corrected chi connectivity index (χ2v) is 6.22. The molecule has 0 saturated carbocycles. The van der Waals surface area contributed by atoms with E-state index in [1.807, 2.05) is 25.9 Å². The maximum Gasteiger partial charge on any atom is 0.236 e. The molecule has 0 N–H and O–H groups in total. The summed E-state index contributed by atoms with van der Waals surface area (Å²) in [6.45, 7) is 4.53. The molecule has 1 amide bonds. The number of benzene rings is 1. The summed E-state index contributed by atoms with van der Waals surface area (Å²) in [7, 11) is 3.63. The van der Waals surface area contributed by atoms with E-state index in [-0.39, 0.29) is 5.91 Å². The van der Waals surface area contributed by atoms with Gasteiger partial charge in [-0.1, -0.05) is 25.1 Å². The monoisotopic (exact) mass is 278 g/mol. The first kappa shape index (κ1) is 14.4. The molecule has 104 valence electrons. The molecule has 1 aliphatic heterocycles. The Labute approximate surface area is 120 Å². The van der Waals surface area contributed by atoms with Crippen molar-refractivity contribution in [2.45, 2.75) is 17.7 Å². The molecule has 0 spiro atoms. The number of thioether (sulfide) groups is 1. The molecule has 3 nitrogen and oxygen atoms in total. The molecule has 1 heterocycles. The molecule has 2 rings (SSSR count). The van der Waals surface area contributed by atoms with Gasteiger partial charge in [-0.05, 0) is 18.2 Å². The third kappa shape index (κ3) is 3.51. The summed E-state index contributed by atoms with van der Waals surface area (Å²) in [6, 6.07) is 8.63. The fourth-order valence-corrected chi connectivity index (χ4v) is 3.57. The van der Waals surface area contributed by atoms with Crippen LogP contribution in [0, 0.1) is 0 Å². The van der Waals surface area contributed by atoms with Crippen molar-refractivity contribution < 1.29 is 4.79 Å². The van der Waals surface area contributed by atoms with Gasteiger partial charge in [-0.25, -0.2) is 0 Å². The zero-order valence-corrected chi connectivity index (χ0v) is 12.7. The summed E-state index contributed by atoms with van der Waals surface area (Å²) in [4.78, 5) is 17.1. The lowest BCUT2D eigenvalue weighted by atomic mass is 10.0. The molecule has 1 aromatic rings. The van der Waals surface area contributed by atoms with Crippen molar-refractivity contribution in [1.29, 1.82) is 0 Å². The van der Waals surface area contributed by atoms with Crippen molar-refractivity contribution in [1.82, 2.24) is 9.80 Å². The maximum atomic E-state index is 11.8. The Kier molecular flexibility index (Phi) is 4.88. The van der Waals surface area contributed by atoms with Crippen LogP contribution in [0.25, 0.3) is 0 Å². The summed E-state index contributed by atoms with van der Waals surface area (Å²) in [6.07, 6.45) is 0. The molecule has 1 aliphatic rings. The van der Waals surface area contributed by atoms with Crippen LogP contribution in [-0.2, 0) is 4.79 Å². The van der Waals surface area contributed by atoms with Crippen molar-refractivity contribution in [2.75, 3.05) is 39.5 Å². The topological polar surface area (TPSA) is 23.6 Å². The number of hydrogen-bond donors (Lipinski definition) is 0. The van der Waals surface area contributed by atoms with Gasteiger partial charge in [0.15, 0.2) is 0 Å². The SMILES string of the molecule is CCN(CC(=O)N(C)C)CC1CSc2ccccc21. The highest BCUT2D eigenvalue weighted by Crippen LogP contribution is 2.39. The molecular weight excluding hydrogens is 256 g/mol. The Morgan fingerprint density at radius 3 is 2.79 bits per heavy atom. The van der Waals surface area contributed by atoms with Crippen LogP contribution >= 0.6 is 11.8 Å². The predicted octanol–water partition coefficient (Wildman–Crippen LogP) is 2.29. The highest BCUT2D eigenvalue weighted by atomic mass is 32.2. The summed E-state index contributed by atoms with van der Waals surface area (Å²) < 4.78 is 0. The lowest BCUT2D eigenvalue weighted by molar-refractivity contribution is -0.129. The van der Waals surface area contributed by atoms with Crippen LogP contribution in [0.4, 0.5) is 0 Å². The van der Waals surface area contributed by atoms with Crippen LogP contribution in [-0.4, -0.2) is 55.2 Å². The molecule has 0 fully saturated rings. The molecule has 0 radical (unpaired) electrons. The molecule has 1 atom stereocenters. The molecular formula is C15H22N2OS. The molecule has 4 heteroatoms. The first-order chi connectivity index (χ1) is 9.11. The summed E-state index contributed by atoms with van der Waals surface area (Å²) in [5, 5.41) is 0. The van der Waals surface area contributed by atoms with Crippen molar-refractivity contribution in [2.24, 2.45) is 0 Å². The van der Waals surface area contributed by atoms with Crippen LogP contribution in [0.15, 0.2) is 29.2 Å². The normalized spacial score (nSPS) is 17.6. The second kappa shape index (κ2) is 6.44. The number of nitrogens with zero attached hydrogens (tertiary/aromatic N) is 2. The lowest BCUT2D eigenvalue weighted by Crippen LogP contribution is -2.38. The van der Waals surface area contributed by atoms with E-state index in [0.29, 0.717) is 12.5 Å². The third-order valence-corrected chi connectivity index (χ3v) is 4.83. The number of fused-ring (bicyclic) bond motifs is 1. The van der Waals surface area contributed by atoms with Gasteiger partial charge < -0.3 is 4.90 Å². The van der Waals surface area contributed by atoms with E-state index in [1.165, 1.54) is 10.5 Å². The number of hydrogen-bond acceptors (Lipinski definition) is 3. The van der Waals surface area contributed by atoms with E-state index < -0.39 is 0 Å². The molecule has 0 saturated heterocycles. The number of rotatable bonds is 5. The van der Waals surface area contributed by atoms with Gasteiger partial charge in [-0.15, -0.1) is 11.8 Å². The van der Waals surface area contributed by atoms with E-state index in [9.17, 15) is 4.79 Å². The van der Waals surface area contributed by atoms with Crippen molar-refractivity contribution in [3.8, 4) is 0 Å². The average molecular weight is 278 g/mol. The van der Waals surface area contributed by atoms with Gasteiger partial charge >= 0.3 is 0 Å². The number of carbonyl (C=O) groups is 1. The van der Waals surface area contributed by atoms with Gasteiger partial charge in [0.25, 0.3) is 0 Å². The van der Waals surface area contributed by atoms with Crippen LogP contribution < -0.4 is 0 Å². The van der Waals surface area contributed by atoms with Crippen molar-refractivity contribution in [3.63, 3.8) is 0 Å². The Bertz CT molecular complexity index is 448. The smallest absolute Gasteiger partial charge is 0.236 e. The van der Waals surface area contributed by atoms with Gasteiger partial charge in [0.1, 0.15) is 0 Å². The lowest BCUT2D eigenvalue weighted by Gasteiger charge is -2.25. The van der Waals surface area contributed by atoms with Crippen LogP contribution in [0.3, 0.4) is 0 Å². The molecule has 1 unspecified atom stereocenters. The maximum absolute atomic E-state index is 11.8. The highest BCUT2D eigenvalue weighted by molar-refractivity contribution is 7.99. The fourth-order valence-electron chi connectivity index (χ4n) is 2.33. The van der Waals surface area contributed by atoms with Crippen molar-refractivity contribution >= 4 is 17.7 Å². The Balaban J connectivity index is 1.98.